The van der Waals surface area contributed by atoms with Crippen LogP contribution >= 0.6 is 0 Å². The van der Waals surface area contributed by atoms with Gasteiger partial charge in [-0.1, -0.05) is 30.3 Å². The van der Waals surface area contributed by atoms with E-state index in [0.29, 0.717) is 25.8 Å². The summed E-state index contributed by atoms with van der Waals surface area (Å²) in [5.74, 6) is -2.79. The van der Waals surface area contributed by atoms with Gasteiger partial charge in [0.25, 0.3) is 8.05 Å². The normalized spacial score (nSPS) is 15.4. The van der Waals surface area contributed by atoms with Crippen LogP contribution in [0.3, 0.4) is 0 Å². The monoisotopic (exact) mass is 484 g/mol. The van der Waals surface area contributed by atoms with E-state index < -0.39 is 30.0 Å². The second-order valence-electron chi connectivity index (χ2n) is 7.05. The Balaban J connectivity index is 0. The minimum absolute atomic E-state index is 0.112. The van der Waals surface area contributed by atoms with E-state index in [4.69, 9.17) is 43.0 Å². The molecule has 2 rings (SSSR count). The summed E-state index contributed by atoms with van der Waals surface area (Å²) < 4.78 is 0. The summed E-state index contributed by atoms with van der Waals surface area (Å²) in [6.07, 6.45) is 3.14. The van der Waals surface area contributed by atoms with Gasteiger partial charge >= 0.3 is 17.9 Å². The van der Waals surface area contributed by atoms with Crippen molar-refractivity contribution < 1.29 is 34.7 Å². The standard InChI is InChI=1S/C9H11NO2.C6H14N4O2.C5H9NO2.BH3O/c10-8(9(11)12)6-7-4-2-1-3-5-7;7-4(5(11)12)2-1-3-10-6(8)9;7-5(8)4-2-1-3-6-4;1-2/h1-5,8H,6,10H2,(H,11,12);4H,1-3,7H2,(H,11,12)(H4,8,9,10);4,6H,1-3H2,(H,7,8);2H,1H2/t;;4-;/m..0./s1. The number of benzene rings is 1. The number of nitrogens with one attached hydrogen (secondary N) is 3. The predicted molar refractivity (Wildman–Crippen MR) is 130 cm³/mol. The van der Waals surface area contributed by atoms with Crippen molar-refractivity contribution in [1.29, 1.82) is 5.41 Å². The highest BCUT2D eigenvalue weighted by Crippen LogP contribution is 2.03. The molecule has 1 fully saturated rings. The Labute approximate surface area is 199 Å². The third kappa shape index (κ3) is 18.4. The van der Waals surface area contributed by atoms with Gasteiger partial charge in [0.05, 0.1) is 0 Å². The van der Waals surface area contributed by atoms with Crippen LogP contribution in [-0.2, 0) is 20.8 Å². The molecule has 192 valence electrons. The Kier molecular flexibility index (Phi) is 19.8. The van der Waals surface area contributed by atoms with Gasteiger partial charge in [0.1, 0.15) is 18.1 Å². The first-order valence-corrected chi connectivity index (χ1v) is 10.5. The fourth-order valence-electron chi connectivity index (χ4n) is 2.52. The van der Waals surface area contributed by atoms with Crippen LogP contribution in [0, 0.1) is 5.41 Å². The third-order valence-corrected chi connectivity index (χ3v) is 4.30. The zero-order valence-electron chi connectivity index (χ0n) is 19.3. The van der Waals surface area contributed by atoms with Gasteiger partial charge in [-0.05, 0) is 44.2 Å². The van der Waals surface area contributed by atoms with Gasteiger partial charge in [0.15, 0.2) is 5.96 Å². The lowest BCUT2D eigenvalue weighted by Crippen LogP contribution is -2.34. The second-order valence-corrected chi connectivity index (χ2v) is 7.05. The summed E-state index contributed by atoms with van der Waals surface area (Å²) >= 11 is 0. The molecule has 0 aromatic heterocycles. The Morgan fingerprint density at radius 2 is 1.65 bits per heavy atom. The number of guanidine groups is 1. The van der Waals surface area contributed by atoms with E-state index in [1.54, 1.807) is 0 Å². The van der Waals surface area contributed by atoms with Crippen LogP contribution in [0.1, 0.15) is 31.2 Å². The number of aliphatic carboxylic acids is 3. The van der Waals surface area contributed by atoms with Crippen molar-refractivity contribution in [2.75, 3.05) is 13.1 Å². The Morgan fingerprint density at radius 1 is 1.09 bits per heavy atom. The van der Waals surface area contributed by atoms with Crippen molar-refractivity contribution in [3.63, 3.8) is 0 Å². The number of carbonyl (C=O) groups is 3. The molecule has 2 unspecified atom stereocenters. The van der Waals surface area contributed by atoms with Gasteiger partial charge in [-0.15, -0.1) is 0 Å². The molecule has 1 aromatic carbocycles. The van der Waals surface area contributed by atoms with Crippen LogP contribution in [0.4, 0.5) is 0 Å². The van der Waals surface area contributed by atoms with Gasteiger partial charge in [-0.25, -0.2) is 0 Å². The molecular formula is C20H37BN6O7. The van der Waals surface area contributed by atoms with Crippen molar-refractivity contribution in [2.45, 2.75) is 50.2 Å². The molecule has 0 saturated carbocycles. The maximum atomic E-state index is 10.4. The molecule has 1 saturated heterocycles. The lowest BCUT2D eigenvalue weighted by Gasteiger charge is -2.06. The Bertz CT molecular complexity index is 721. The first-order valence-electron chi connectivity index (χ1n) is 10.5. The molecular weight excluding hydrogens is 447 g/mol. The van der Waals surface area contributed by atoms with E-state index in [0.717, 1.165) is 33.0 Å². The molecule has 0 bridgehead atoms. The van der Waals surface area contributed by atoms with E-state index in [1.807, 2.05) is 30.3 Å². The zero-order chi connectivity index (χ0) is 26.5. The number of nitrogens with two attached hydrogens (primary N) is 3. The summed E-state index contributed by atoms with van der Waals surface area (Å²) in [7, 11) is 1.00. The molecule has 3 atom stereocenters. The first kappa shape index (κ1) is 33.0. The van der Waals surface area contributed by atoms with E-state index in [9.17, 15) is 14.4 Å². The summed E-state index contributed by atoms with van der Waals surface area (Å²) in [6, 6.07) is 7.45. The van der Waals surface area contributed by atoms with Crippen molar-refractivity contribution in [2.24, 2.45) is 17.2 Å². The van der Waals surface area contributed by atoms with Crippen LogP contribution in [-0.4, -0.2) is 83.5 Å². The van der Waals surface area contributed by atoms with Gasteiger partial charge in [-0.3, -0.25) is 19.8 Å². The lowest BCUT2D eigenvalue weighted by molar-refractivity contribution is -0.139. The molecule has 0 aliphatic carbocycles. The Hall–Kier alpha value is -3.20. The Morgan fingerprint density at radius 3 is 2.03 bits per heavy atom. The summed E-state index contributed by atoms with van der Waals surface area (Å²) in [5, 5.41) is 44.4. The third-order valence-electron chi connectivity index (χ3n) is 4.30. The van der Waals surface area contributed by atoms with E-state index >= 15 is 0 Å². The highest BCUT2D eigenvalue weighted by atomic mass is 16.4. The van der Waals surface area contributed by atoms with Gasteiger partial charge in [0, 0.05) is 6.54 Å². The quantitative estimate of drug-likeness (QED) is 0.0765. The van der Waals surface area contributed by atoms with Crippen molar-refractivity contribution in [1.82, 2.24) is 10.6 Å². The fourth-order valence-corrected chi connectivity index (χ4v) is 2.52. The van der Waals surface area contributed by atoms with E-state index in [-0.39, 0.29) is 12.0 Å². The topological polar surface area (TPSA) is 258 Å². The molecule has 14 heteroatoms. The van der Waals surface area contributed by atoms with Crippen LogP contribution < -0.4 is 27.8 Å². The molecule has 0 spiro atoms. The zero-order valence-corrected chi connectivity index (χ0v) is 19.3. The largest absolute Gasteiger partial charge is 0.480 e. The molecule has 1 aromatic rings. The van der Waals surface area contributed by atoms with Crippen LogP contribution in [0.2, 0.25) is 0 Å². The van der Waals surface area contributed by atoms with Crippen LogP contribution in [0.25, 0.3) is 0 Å². The number of carboxylic acids is 3. The number of rotatable bonds is 9. The molecule has 1 aliphatic rings. The minimum Gasteiger partial charge on any atom is -0.480 e. The summed E-state index contributed by atoms with van der Waals surface area (Å²) in [5.41, 5.74) is 16.5. The lowest BCUT2D eigenvalue weighted by atomic mass is 10.1. The SMILES string of the molecule is BO.N=C(N)NCCCC(N)C(=O)O.NC(Cc1ccccc1)C(=O)O.O=C(O)[C@@H]1CCCN1. The first-order chi connectivity index (χ1) is 16.0. The van der Waals surface area contributed by atoms with E-state index in [1.165, 1.54) is 0 Å². The number of hydrogen-bond acceptors (Lipinski definition) is 8. The highest BCUT2D eigenvalue weighted by Gasteiger charge is 2.20. The maximum absolute atomic E-state index is 10.4. The fraction of sp³-hybridized carbons (Fsp3) is 0.500. The smallest absolute Gasteiger partial charge is 0.320 e. The molecule has 0 radical (unpaired) electrons. The van der Waals surface area contributed by atoms with Crippen molar-refractivity contribution >= 4 is 31.9 Å². The summed E-state index contributed by atoms with van der Waals surface area (Å²) in [6.45, 7) is 1.34. The molecule has 1 aliphatic heterocycles. The minimum atomic E-state index is -1.00. The molecule has 1 heterocycles. The van der Waals surface area contributed by atoms with Crippen molar-refractivity contribution in [3.05, 3.63) is 35.9 Å². The molecule has 34 heavy (non-hydrogen) atoms. The van der Waals surface area contributed by atoms with E-state index in [2.05, 4.69) is 10.6 Å². The van der Waals surface area contributed by atoms with Gasteiger partial charge < -0.3 is 48.2 Å². The molecule has 13 N–H and O–H groups in total. The van der Waals surface area contributed by atoms with Crippen LogP contribution in [0.5, 0.6) is 0 Å². The van der Waals surface area contributed by atoms with Crippen molar-refractivity contribution in [3.8, 4) is 0 Å². The van der Waals surface area contributed by atoms with Crippen LogP contribution in [0.15, 0.2) is 30.3 Å². The number of hydrogen-bond donors (Lipinski definition) is 10. The summed E-state index contributed by atoms with van der Waals surface area (Å²) in [4.78, 5) is 30.7. The van der Waals surface area contributed by atoms with Gasteiger partial charge in [0.2, 0.25) is 0 Å². The second kappa shape index (κ2) is 20.4. The molecule has 0 amide bonds. The number of carboxylic acid groups (broad SMARTS) is 3. The predicted octanol–water partition coefficient (Wildman–Crippen LogP) is -2.35. The maximum Gasteiger partial charge on any atom is 0.320 e. The average Bonchev–Trinajstić information content (AvgIpc) is 3.35. The highest BCUT2D eigenvalue weighted by molar-refractivity contribution is 5.95. The van der Waals surface area contributed by atoms with Gasteiger partial charge in [-0.2, -0.15) is 0 Å². The average molecular weight is 484 g/mol. The molecule has 13 nitrogen and oxygen atoms in total.